The zero-order valence-electron chi connectivity index (χ0n) is 10.9. The topological polar surface area (TPSA) is 61.4 Å². The Morgan fingerprint density at radius 1 is 1.39 bits per heavy atom. The molecule has 5 nitrogen and oxygen atoms in total. The minimum absolute atomic E-state index is 0.137. The molecular weight excluding hydrogens is 230 g/mol. The molecule has 0 bridgehead atoms. The SMILES string of the molecule is C#CCNC(=O)C(C)NCCC(=O)N1CCCC1. The summed E-state index contributed by atoms with van der Waals surface area (Å²) in [7, 11) is 0. The van der Waals surface area contributed by atoms with Crippen molar-refractivity contribution >= 4 is 11.8 Å². The van der Waals surface area contributed by atoms with E-state index in [9.17, 15) is 9.59 Å². The van der Waals surface area contributed by atoms with Crippen molar-refractivity contribution in [1.29, 1.82) is 0 Å². The third-order valence-electron chi connectivity index (χ3n) is 3.01. The Morgan fingerprint density at radius 3 is 2.67 bits per heavy atom. The normalized spacial score (nSPS) is 16.1. The summed E-state index contributed by atoms with van der Waals surface area (Å²) in [6, 6.07) is -0.329. The molecular formula is C13H21N3O2. The van der Waals surface area contributed by atoms with Gasteiger partial charge in [-0.1, -0.05) is 5.92 Å². The smallest absolute Gasteiger partial charge is 0.237 e. The van der Waals surface area contributed by atoms with Gasteiger partial charge < -0.3 is 15.5 Å². The molecule has 0 aliphatic carbocycles. The van der Waals surface area contributed by atoms with Gasteiger partial charge in [0.2, 0.25) is 11.8 Å². The highest BCUT2D eigenvalue weighted by molar-refractivity contribution is 5.81. The average molecular weight is 251 g/mol. The van der Waals surface area contributed by atoms with E-state index in [1.54, 1.807) is 6.92 Å². The van der Waals surface area contributed by atoms with Gasteiger partial charge in [0.25, 0.3) is 0 Å². The first-order valence-electron chi connectivity index (χ1n) is 6.37. The summed E-state index contributed by atoms with van der Waals surface area (Å²) < 4.78 is 0. The van der Waals surface area contributed by atoms with Crippen molar-refractivity contribution in [2.24, 2.45) is 0 Å². The largest absolute Gasteiger partial charge is 0.344 e. The molecule has 0 aromatic rings. The molecule has 1 heterocycles. The summed E-state index contributed by atoms with van der Waals surface area (Å²) in [6.45, 7) is 4.25. The van der Waals surface area contributed by atoms with Gasteiger partial charge in [0.1, 0.15) is 0 Å². The molecule has 1 aliphatic heterocycles. The van der Waals surface area contributed by atoms with E-state index in [0.717, 1.165) is 25.9 Å². The lowest BCUT2D eigenvalue weighted by Crippen LogP contribution is -2.43. The van der Waals surface area contributed by atoms with Crippen LogP contribution in [-0.4, -0.2) is 48.9 Å². The minimum atomic E-state index is -0.329. The van der Waals surface area contributed by atoms with Crippen LogP contribution in [0.25, 0.3) is 0 Å². The molecule has 1 atom stereocenters. The molecule has 0 radical (unpaired) electrons. The second-order valence-corrected chi connectivity index (χ2v) is 4.44. The molecule has 0 aromatic carbocycles. The first kappa shape index (κ1) is 14.5. The van der Waals surface area contributed by atoms with E-state index in [4.69, 9.17) is 6.42 Å². The molecule has 0 aromatic heterocycles. The molecule has 1 saturated heterocycles. The molecule has 1 fully saturated rings. The fraction of sp³-hybridized carbons (Fsp3) is 0.692. The van der Waals surface area contributed by atoms with E-state index in [-0.39, 0.29) is 24.4 Å². The lowest BCUT2D eigenvalue weighted by atomic mass is 10.3. The van der Waals surface area contributed by atoms with Crippen molar-refractivity contribution in [3.05, 3.63) is 0 Å². The summed E-state index contributed by atoms with van der Waals surface area (Å²) in [5.74, 6) is 2.37. The van der Waals surface area contributed by atoms with Crippen molar-refractivity contribution < 1.29 is 9.59 Å². The van der Waals surface area contributed by atoms with Crippen molar-refractivity contribution in [3.8, 4) is 12.3 Å². The molecule has 1 unspecified atom stereocenters. The van der Waals surface area contributed by atoms with Crippen molar-refractivity contribution in [2.75, 3.05) is 26.2 Å². The maximum Gasteiger partial charge on any atom is 0.237 e. The highest BCUT2D eigenvalue weighted by atomic mass is 16.2. The second kappa shape index (κ2) is 7.72. The quantitative estimate of drug-likeness (QED) is 0.639. The zero-order valence-corrected chi connectivity index (χ0v) is 10.9. The third kappa shape index (κ3) is 4.76. The Balaban J connectivity index is 2.14. The third-order valence-corrected chi connectivity index (χ3v) is 3.01. The number of terminal acetylenes is 1. The van der Waals surface area contributed by atoms with E-state index < -0.39 is 0 Å². The van der Waals surface area contributed by atoms with Gasteiger partial charge in [-0.2, -0.15) is 0 Å². The number of carbonyl (C=O) groups is 2. The zero-order chi connectivity index (χ0) is 13.4. The van der Waals surface area contributed by atoms with Gasteiger partial charge in [0, 0.05) is 26.1 Å². The molecule has 18 heavy (non-hydrogen) atoms. The van der Waals surface area contributed by atoms with Crippen LogP contribution in [0.3, 0.4) is 0 Å². The Morgan fingerprint density at radius 2 is 2.06 bits per heavy atom. The summed E-state index contributed by atoms with van der Waals surface area (Å²) in [6.07, 6.45) is 7.69. The number of rotatable bonds is 6. The van der Waals surface area contributed by atoms with Gasteiger partial charge >= 0.3 is 0 Å². The summed E-state index contributed by atoms with van der Waals surface area (Å²) in [5.41, 5.74) is 0. The predicted molar refractivity (Wildman–Crippen MR) is 69.7 cm³/mol. The van der Waals surface area contributed by atoms with E-state index in [1.807, 2.05) is 4.90 Å². The van der Waals surface area contributed by atoms with Crippen molar-refractivity contribution in [2.45, 2.75) is 32.2 Å². The lowest BCUT2D eigenvalue weighted by molar-refractivity contribution is -0.130. The predicted octanol–water partition coefficient (Wildman–Crippen LogP) is -0.274. The van der Waals surface area contributed by atoms with Gasteiger partial charge in [0.05, 0.1) is 12.6 Å². The number of hydrogen-bond donors (Lipinski definition) is 2. The van der Waals surface area contributed by atoms with Crippen LogP contribution in [0.15, 0.2) is 0 Å². The van der Waals surface area contributed by atoms with E-state index in [1.165, 1.54) is 0 Å². The standard InChI is InChI=1S/C13H21N3O2/c1-3-7-15-13(18)11(2)14-8-6-12(17)16-9-4-5-10-16/h1,11,14H,4-10H2,2H3,(H,15,18). The number of nitrogens with one attached hydrogen (secondary N) is 2. The van der Waals surface area contributed by atoms with Gasteiger partial charge in [-0.15, -0.1) is 6.42 Å². The second-order valence-electron chi connectivity index (χ2n) is 4.44. The van der Waals surface area contributed by atoms with Crippen LogP contribution in [-0.2, 0) is 9.59 Å². The Hall–Kier alpha value is -1.54. The molecule has 100 valence electrons. The van der Waals surface area contributed by atoms with Crippen LogP contribution >= 0.6 is 0 Å². The van der Waals surface area contributed by atoms with Crippen LogP contribution in [0.2, 0.25) is 0 Å². The monoisotopic (exact) mass is 251 g/mol. The number of carbonyl (C=O) groups excluding carboxylic acids is 2. The van der Waals surface area contributed by atoms with E-state index in [0.29, 0.717) is 13.0 Å². The molecule has 5 heteroatoms. The number of likely N-dealkylation sites (tertiary alicyclic amines) is 1. The molecule has 2 amide bonds. The first-order chi connectivity index (χ1) is 8.65. The Labute approximate surface area is 108 Å². The summed E-state index contributed by atoms with van der Waals surface area (Å²) in [4.78, 5) is 25.1. The number of hydrogen-bond acceptors (Lipinski definition) is 3. The summed E-state index contributed by atoms with van der Waals surface area (Å²) >= 11 is 0. The van der Waals surface area contributed by atoms with Gasteiger partial charge in [-0.25, -0.2) is 0 Å². The molecule has 1 rings (SSSR count). The fourth-order valence-electron chi connectivity index (χ4n) is 1.90. The molecule has 0 saturated carbocycles. The number of amides is 2. The van der Waals surface area contributed by atoms with Crippen LogP contribution in [0.4, 0.5) is 0 Å². The van der Waals surface area contributed by atoms with E-state index in [2.05, 4.69) is 16.6 Å². The van der Waals surface area contributed by atoms with Gasteiger partial charge in [0.15, 0.2) is 0 Å². The molecule has 0 spiro atoms. The maximum absolute atomic E-state index is 11.7. The van der Waals surface area contributed by atoms with Gasteiger partial charge in [-0.3, -0.25) is 9.59 Å². The molecule has 1 aliphatic rings. The lowest BCUT2D eigenvalue weighted by Gasteiger charge is -2.17. The minimum Gasteiger partial charge on any atom is -0.344 e. The first-order valence-corrected chi connectivity index (χ1v) is 6.37. The molecule has 2 N–H and O–H groups in total. The highest BCUT2D eigenvalue weighted by Crippen LogP contribution is 2.08. The fourth-order valence-corrected chi connectivity index (χ4v) is 1.90. The van der Waals surface area contributed by atoms with E-state index >= 15 is 0 Å². The average Bonchev–Trinajstić information content (AvgIpc) is 2.89. The van der Waals surface area contributed by atoms with Crippen molar-refractivity contribution in [1.82, 2.24) is 15.5 Å². The van der Waals surface area contributed by atoms with Crippen LogP contribution in [0.5, 0.6) is 0 Å². The van der Waals surface area contributed by atoms with Crippen LogP contribution < -0.4 is 10.6 Å². The highest BCUT2D eigenvalue weighted by Gasteiger charge is 2.18. The van der Waals surface area contributed by atoms with Crippen LogP contribution in [0, 0.1) is 12.3 Å². The Bertz CT molecular complexity index is 330. The summed E-state index contributed by atoms with van der Waals surface area (Å²) in [5, 5.41) is 5.61. The van der Waals surface area contributed by atoms with Gasteiger partial charge in [-0.05, 0) is 19.8 Å². The van der Waals surface area contributed by atoms with Crippen LogP contribution in [0.1, 0.15) is 26.2 Å². The maximum atomic E-state index is 11.7. The van der Waals surface area contributed by atoms with Crippen molar-refractivity contribution in [3.63, 3.8) is 0 Å². The number of nitrogens with zero attached hydrogens (tertiary/aromatic N) is 1. The Kier molecular flexibility index (Phi) is 6.23.